The van der Waals surface area contributed by atoms with Gasteiger partial charge in [0.25, 0.3) is 0 Å². The molecule has 0 aliphatic rings. The summed E-state index contributed by atoms with van der Waals surface area (Å²) in [5.41, 5.74) is 32.3. The maximum atomic E-state index is 2.68. The molecule has 0 atom stereocenters. The predicted octanol–water partition coefficient (Wildman–Crippen LogP) is -7.41. The van der Waals surface area contributed by atoms with Gasteiger partial charge < -0.3 is 4.90 Å². The number of hydrogen-bond donors (Lipinski definition) is 0. The van der Waals surface area contributed by atoms with Crippen molar-refractivity contribution in [2.24, 2.45) is 0 Å². The molecule has 0 aliphatic heterocycles. The second-order valence-electron chi connectivity index (χ2n) is 17.2. The van der Waals surface area contributed by atoms with Gasteiger partial charge in [-0.25, -0.2) is 0 Å². The minimum absolute atomic E-state index is 1.22. The van der Waals surface area contributed by atoms with Gasteiger partial charge in [0, 0.05) is 17.1 Å². The third-order valence-electron chi connectivity index (χ3n) is 14.0. The lowest BCUT2D eigenvalue weighted by molar-refractivity contribution is 1.36. The molecule has 0 saturated heterocycles. The van der Waals surface area contributed by atoms with Crippen LogP contribution in [0.25, 0.3) is 55.6 Å². The van der Waals surface area contributed by atoms with Crippen molar-refractivity contribution in [3.05, 3.63) is 140 Å². The third-order valence-corrected chi connectivity index (χ3v) is 14.0. The van der Waals surface area contributed by atoms with Crippen molar-refractivity contribution in [3.8, 4) is 55.6 Å². The molecule has 0 heterocycles. The summed E-state index contributed by atoms with van der Waals surface area (Å²) < 4.78 is 0. The van der Waals surface area contributed by atoms with Crippen LogP contribution in [0, 0.1) is 0 Å². The van der Waals surface area contributed by atoms with Crippen molar-refractivity contribution >= 4 is 177 Å². The van der Waals surface area contributed by atoms with Gasteiger partial charge in [0.2, 0.25) is 0 Å². The smallest absolute Gasteiger partial charge is 0.141 e. The summed E-state index contributed by atoms with van der Waals surface area (Å²) in [7, 11) is 28.1. The van der Waals surface area contributed by atoms with E-state index in [4.69, 9.17) is 0 Å². The number of rotatable bonds is 8. The van der Waals surface area contributed by atoms with Gasteiger partial charge in [0.05, 0.1) is 0 Å². The first kappa shape index (κ1) is 42.0. The van der Waals surface area contributed by atoms with Gasteiger partial charge >= 0.3 is 0 Å². The van der Waals surface area contributed by atoms with Gasteiger partial charge in [0.1, 0.15) is 94.2 Å². The Kier molecular flexibility index (Phi) is 11.7. The van der Waals surface area contributed by atoms with Crippen LogP contribution in [0.15, 0.2) is 140 Å². The lowest BCUT2D eigenvalue weighted by Crippen LogP contribution is -2.54. The molecule has 8 rings (SSSR count). The Hall–Kier alpha value is -5.66. The Morgan fingerprint density at radius 3 is 0.803 bits per heavy atom. The maximum absolute atomic E-state index is 2.68. The van der Waals surface area contributed by atoms with Gasteiger partial charge in [-0.3, -0.25) is 0 Å². The topological polar surface area (TPSA) is 3.24 Å². The number of benzene rings is 8. The summed E-state index contributed by atoms with van der Waals surface area (Å²) in [5.74, 6) is 0. The van der Waals surface area contributed by atoms with Crippen LogP contribution in [0.4, 0.5) is 17.1 Å². The zero-order chi connectivity index (χ0) is 43.3. The lowest BCUT2D eigenvalue weighted by atomic mass is 9.61. The Morgan fingerprint density at radius 1 is 0.230 bits per heavy atom. The Morgan fingerprint density at radius 2 is 0.492 bits per heavy atom. The summed E-state index contributed by atoms with van der Waals surface area (Å²) in [6.45, 7) is 0. The molecule has 0 N–H and O–H groups in total. The zero-order valence-corrected chi connectivity index (χ0v) is 38.2. The molecule has 0 saturated carbocycles. The van der Waals surface area contributed by atoms with Gasteiger partial charge in [0.15, 0.2) is 0 Å². The van der Waals surface area contributed by atoms with Crippen LogP contribution >= 0.6 is 0 Å². The first-order valence-electron chi connectivity index (χ1n) is 21.8. The largest absolute Gasteiger partial charge is 0.314 e. The molecular formula is C48H47B12N. The van der Waals surface area contributed by atoms with Gasteiger partial charge in [-0.1, -0.05) is 199 Å². The summed E-state index contributed by atoms with van der Waals surface area (Å²) >= 11 is 0. The summed E-state index contributed by atoms with van der Waals surface area (Å²) in [6.07, 6.45) is 0. The minimum Gasteiger partial charge on any atom is -0.314 e. The highest BCUT2D eigenvalue weighted by Crippen LogP contribution is 2.36. The fourth-order valence-corrected chi connectivity index (χ4v) is 10.2. The average Bonchev–Trinajstić information content (AvgIpc) is 3.28. The van der Waals surface area contributed by atoms with E-state index in [9.17, 15) is 0 Å². The first-order valence-corrected chi connectivity index (χ1v) is 21.8. The van der Waals surface area contributed by atoms with Crippen LogP contribution < -0.4 is 70.5 Å². The van der Waals surface area contributed by atoms with E-state index < -0.39 is 0 Å². The Labute approximate surface area is 374 Å². The van der Waals surface area contributed by atoms with E-state index in [1.165, 1.54) is 138 Å². The molecule has 0 unspecified atom stereocenters. The van der Waals surface area contributed by atoms with Crippen LogP contribution in [-0.4, -0.2) is 94.2 Å². The van der Waals surface area contributed by atoms with E-state index in [1.807, 2.05) is 0 Å². The molecule has 0 fully saturated rings. The molecule has 1 nitrogen and oxygen atoms in total. The molecule has 0 aliphatic carbocycles. The van der Waals surface area contributed by atoms with Crippen LogP contribution in [0.5, 0.6) is 0 Å². The van der Waals surface area contributed by atoms with Crippen molar-refractivity contribution in [1.82, 2.24) is 0 Å². The van der Waals surface area contributed by atoms with Crippen molar-refractivity contribution in [2.75, 3.05) is 4.90 Å². The Balaban J connectivity index is 1.43. The summed E-state index contributed by atoms with van der Waals surface area (Å²) in [5, 5.41) is 0. The van der Waals surface area contributed by atoms with E-state index >= 15 is 0 Å². The molecule has 0 aromatic heterocycles. The molecule has 0 radical (unpaired) electrons. The molecular weight excluding hydrogens is 720 g/mol. The van der Waals surface area contributed by atoms with Crippen LogP contribution in [0.3, 0.4) is 0 Å². The first-order chi connectivity index (χ1) is 29.3. The van der Waals surface area contributed by atoms with Crippen LogP contribution in [0.1, 0.15) is 0 Å². The lowest BCUT2D eigenvalue weighted by Gasteiger charge is -2.39. The molecule has 13 heteroatoms. The summed E-state index contributed by atoms with van der Waals surface area (Å²) in [6, 6.07) is 50.6. The van der Waals surface area contributed by atoms with E-state index in [0.717, 1.165) is 0 Å². The van der Waals surface area contributed by atoms with Crippen molar-refractivity contribution in [1.29, 1.82) is 0 Å². The highest BCUT2D eigenvalue weighted by Gasteiger charge is 2.30. The molecule has 0 bridgehead atoms. The second-order valence-corrected chi connectivity index (χ2v) is 17.2. The normalized spacial score (nSPS) is 11.1. The monoisotopic (exact) mass is 769 g/mol. The minimum atomic E-state index is 1.22. The average molecular weight is 768 g/mol. The molecule has 280 valence electrons. The van der Waals surface area contributed by atoms with Crippen molar-refractivity contribution < 1.29 is 0 Å². The number of hydrogen-bond acceptors (Lipinski definition) is 1. The van der Waals surface area contributed by atoms with E-state index in [-0.39, 0.29) is 0 Å². The van der Waals surface area contributed by atoms with Gasteiger partial charge in [-0.15, -0.1) is 0 Å². The third kappa shape index (κ3) is 7.24. The van der Waals surface area contributed by atoms with Crippen molar-refractivity contribution in [2.45, 2.75) is 0 Å². The van der Waals surface area contributed by atoms with Crippen molar-refractivity contribution in [3.63, 3.8) is 0 Å². The SMILES string of the molecule is Bc1c(B)c(N(c2c(B)c(B)c(-c3ccccc3)c(B)c2B)c2c(B)c(B)c(-c3ccc(-c4ccccc4)c(-c4ccccc4)c3)c(B)c2B)c(B)c(B)c1-c1ccccc1. The predicted molar refractivity (Wildman–Crippen MR) is 306 cm³/mol. The highest BCUT2D eigenvalue weighted by atomic mass is 15.2. The highest BCUT2D eigenvalue weighted by molar-refractivity contribution is 6.68. The second kappa shape index (κ2) is 17.0. The van der Waals surface area contributed by atoms with Crippen LogP contribution in [-0.2, 0) is 0 Å². The standard InChI is InChI=1S/C48H47B12N/c49-34-31(26-17-9-3-10-18-26)35(50)41(56)46(40(34)55)61(47-42(57)36(51)32(37(52)43(47)58)27-19-11-4-12-20-27)48-44(59)38(53)33(39(54)45(48)60)28-21-22-29(24-13-5-1-6-14-24)30(23-28)25-15-7-2-8-16-25/h1-23H,49-60H2. The van der Waals surface area contributed by atoms with E-state index in [0.29, 0.717) is 0 Å². The molecule has 8 aromatic carbocycles. The van der Waals surface area contributed by atoms with Crippen LogP contribution in [0.2, 0.25) is 0 Å². The quantitative estimate of drug-likeness (QED) is 0.139. The maximum Gasteiger partial charge on any atom is 0.141 e. The van der Waals surface area contributed by atoms with Gasteiger partial charge in [-0.2, -0.15) is 0 Å². The number of anilines is 3. The zero-order valence-electron chi connectivity index (χ0n) is 38.2. The number of nitrogens with zero attached hydrogens (tertiary/aromatic N) is 1. The van der Waals surface area contributed by atoms with Gasteiger partial charge in [-0.05, 0) is 61.7 Å². The van der Waals surface area contributed by atoms with E-state index in [2.05, 4.69) is 239 Å². The molecule has 8 aromatic rings. The fourth-order valence-electron chi connectivity index (χ4n) is 10.2. The molecule has 0 spiro atoms. The van der Waals surface area contributed by atoms with E-state index in [1.54, 1.807) is 0 Å². The molecule has 61 heavy (non-hydrogen) atoms. The Bertz CT molecular complexity index is 2780. The molecule has 0 amide bonds. The fraction of sp³-hybridized carbons (Fsp3) is 0. The summed E-state index contributed by atoms with van der Waals surface area (Å²) in [4.78, 5) is 2.68.